The minimum Gasteiger partial charge on any atom is -0.466 e. The molecule has 31 heavy (non-hydrogen) atoms. The van der Waals surface area contributed by atoms with Crippen LogP contribution in [0.15, 0.2) is 53.4 Å². The zero-order valence-electron chi connectivity index (χ0n) is 18.1. The maximum Gasteiger partial charge on any atom is 0.307 e. The molecule has 1 atom stereocenters. The Morgan fingerprint density at radius 2 is 1.74 bits per heavy atom. The first-order valence-corrected chi connectivity index (χ1v) is 12.8. The standard InChI is InChI=1S/C25H31NO4S/c1-2-30-25(27)18-24-23-11-7-6-10-21(23)16-17-26(24)31(28,29)22-14-12-20(13-15-22)19-8-4-3-5-9-19/h6-7,10-15,19,24H,2-5,8-9,16-18H2,1H3/t24-/m1/s1. The number of hydrogen-bond acceptors (Lipinski definition) is 4. The number of carbonyl (C=O) groups excluding carboxylic acids is 1. The SMILES string of the molecule is CCOC(=O)C[C@@H]1c2ccccc2CCN1S(=O)(=O)c1ccc(C2CCCCC2)cc1. The van der Waals surface area contributed by atoms with Crippen LogP contribution in [0.25, 0.3) is 0 Å². The molecule has 1 saturated carbocycles. The summed E-state index contributed by atoms with van der Waals surface area (Å²) in [4.78, 5) is 12.6. The second-order valence-electron chi connectivity index (χ2n) is 8.49. The van der Waals surface area contributed by atoms with Crippen LogP contribution >= 0.6 is 0 Å². The smallest absolute Gasteiger partial charge is 0.307 e. The normalized spacial score (nSPS) is 20.2. The van der Waals surface area contributed by atoms with Gasteiger partial charge in [-0.1, -0.05) is 55.7 Å². The zero-order valence-corrected chi connectivity index (χ0v) is 18.9. The summed E-state index contributed by atoms with van der Waals surface area (Å²) < 4.78 is 33.9. The highest BCUT2D eigenvalue weighted by atomic mass is 32.2. The molecule has 0 saturated heterocycles. The van der Waals surface area contributed by atoms with Gasteiger partial charge in [0.15, 0.2) is 0 Å². The number of fused-ring (bicyclic) bond motifs is 1. The van der Waals surface area contributed by atoms with Crippen molar-refractivity contribution in [1.82, 2.24) is 4.31 Å². The lowest BCUT2D eigenvalue weighted by atomic mass is 9.84. The summed E-state index contributed by atoms with van der Waals surface area (Å²) in [5.41, 5.74) is 3.21. The van der Waals surface area contributed by atoms with E-state index in [1.165, 1.54) is 42.0 Å². The molecule has 0 bridgehead atoms. The van der Waals surface area contributed by atoms with Gasteiger partial charge in [-0.25, -0.2) is 8.42 Å². The highest BCUT2D eigenvalue weighted by molar-refractivity contribution is 7.89. The highest BCUT2D eigenvalue weighted by Crippen LogP contribution is 2.37. The summed E-state index contributed by atoms with van der Waals surface area (Å²) in [5, 5.41) is 0. The van der Waals surface area contributed by atoms with Crippen LogP contribution in [-0.4, -0.2) is 31.8 Å². The molecule has 1 fully saturated rings. The molecule has 0 unspecified atom stereocenters. The molecule has 1 aliphatic carbocycles. The van der Waals surface area contributed by atoms with Crippen molar-refractivity contribution in [2.24, 2.45) is 0 Å². The van der Waals surface area contributed by atoms with E-state index in [0.29, 0.717) is 23.8 Å². The molecule has 2 aromatic rings. The molecule has 4 rings (SSSR count). The first-order valence-electron chi connectivity index (χ1n) is 11.4. The van der Waals surface area contributed by atoms with Gasteiger partial charge in [0.2, 0.25) is 10.0 Å². The van der Waals surface area contributed by atoms with E-state index in [-0.39, 0.29) is 19.0 Å². The minimum absolute atomic E-state index is 0.0181. The van der Waals surface area contributed by atoms with Crippen molar-refractivity contribution >= 4 is 16.0 Å². The number of nitrogens with zero attached hydrogens (tertiary/aromatic N) is 1. The van der Waals surface area contributed by atoms with E-state index in [2.05, 4.69) is 0 Å². The van der Waals surface area contributed by atoms with Crippen LogP contribution in [0.3, 0.4) is 0 Å². The van der Waals surface area contributed by atoms with Gasteiger partial charge in [-0.05, 0) is 60.9 Å². The Bertz CT molecular complexity index is 1010. The fourth-order valence-electron chi connectivity index (χ4n) is 4.99. The summed E-state index contributed by atoms with van der Waals surface area (Å²) in [6.07, 6.45) is 6.79. The molecule has 6 heteroatoms. The maximum atomic E-state index is 13.6. The molecule has 0 amide bonds. The van der Waals surface area contributed by atoms with Crippen molar-refractivity contribution < 1.29 is 17.9 Å². The molecule has 1 aliphatic heterocycles. The van der Waals surface area contributed by atoms with Crippen molar-refractivity contribution in [3.05, 3.63) is 65.2 Å². The number of rotatable bonds is 6. The second-order valence-corrected chi connectivity index (χ2v) is 10.4. The lowest BCUT2D eigenvalue weighted by Gasteiger charge is -2.36. The Morgan fingerprint density at radius 3 is 2.45 bits per heavy atom. The molecule has 1 heterocycles. The van der Waals surface area contributed by atoms with Gasteiger partial charge in [-0.15, -0.1) is 0 Å². The number of esters is 1. The van der Waals surface area contributed by atoms with Gasteiger partial charge in [-0.2, -0.15) is 4.31 Å². The predicted molar refractivity (Wildman–Crippen MR) is 120 cm³/mol. The predicted octanol–water partition coefficient (Wildman–Crippen LogP) is 4.98. The van der Waals surface area contributed by atoms with Crippen molar-refractivity contribution in [3.63, 3.8) is 0 Å². The lowest BCUT2D eigenvalue weighted by Crippen LogP contribution is -2.41. The molecule has 0 spiro atoms. The molecule has 0 N–H and O–H groups in total. The van der Waals surface area contributed by atoms with Gasteiger partial charge in [0.25, 0.3) is 0 Å². The number of hydrogen-bond donors (Lipinski definition) is 0. The van der Waals surface area contributed by atoms with E-state index < -0.39 is 16.1 Å². The number of ether oxygens (including phenoxy) is 1. The minimum atomic E-state index is -3.74. The number of benzene rings is 2. The molecule has 2 aromatic carbocycles. The fraction of sp³-hybridized carbons (Fsp3) is 0.480. The quantitative estimate of drug-likeness (QED) is 0.594. The van der Waals surface area contributed by atoms with Gasteiger partial charge in [-0.3, -0.25) is 4.79 Å². The van der Waals surface area contributed by atoms with Crippen LogP contribution in [0.2, 0.25) is 0 Å². The van der Waals surface area contributed by atoms with Crippen molar-refractivity contribution in [1.29, 1.82) is 0 Å². The van der Waals surface area contributed by atoms with Crippen molar-refractivity contribution in [2.45, 2.75) is 68.7 Å². The number of carbonyl (C=O) groups is 1. The summed E-state index contributed by atoms with van der Waals surface area (Å²) in [7, 11) is -3.74. The topological polar surface area (TPSA) is 63.7 Å². The molecule has 0 radical (unpaired) electrons. The van der Waals surface area contributed by atoms with Crippen LogP contribution < -0.4 is 0 Å². The van der Waals surface area contributed by atoms with Crippen LogP contribution in [0, 0.1) is 0 Å². The van der Waals surface area contributed by atoms with E-state index in [1.807, 2.05) is 36.4 Å². The first-order chi connectivity index (χ1) is 15.0. The monoisotopic (exact) mass is 441 g/mol. The van der Waals surface area contributed by atoms with Crippen LogP contribution in [0.5, 0.6) is 0 Å². The van der Waals surface area contributed by atoms with Crippen LogP contribution in [0.4, 0.5) is 0 Å². The molecule has 0 aromatic heterocycles. The molecule has 5 nitrogen and oxygen atoms in total. The lowest BCUT2D eigenvalue weighted by molar-refractivity contribution is -0.144. The Balaban J connectivity index is 1.62. The summed E-state index contributed by atoms with van der Waals surface area (Å²) in [6, 6.07) is 14.7. The molecule has 2 aliphatic rings. The van der Waals surface area contributed by atoms with Crippen LogP contribution in [-0.2, 0) is 26.0 Å². The van der Waals surface area contributed by atoms with Crippen molar-refractivity contribution in [2.75, 3.05) is 13.2 Å². The third kappa shape index (κ3) is 4.70. The molecule has 166 valence electrons. The van der Waals surface area contributed by atoms with E-state index in [1.54, 1.807) is 19.1 Å². The third-order valence-corrected chi connectivity index (χ3v) is 8.51. The van der Waals surface area contributed by atoms with Crippen LogP contribution in [0.1, 0.15) is 74.1 Å². The second kappa shape index (κ2) is 9.53. The average molecular weight is 442 g/mol. The highest BCUT2D eigenvalue weighted by Gasteiger charge is 2.37. The van der Waals surface area contributed by atoms with E-state index in [0.717, 1.165) is 11.1 Å². The van der Waals surface area contributed by atoms with E-state index >= 15 is 0 Å². The number of sulfonamides is 1. The van der Waals surface area contributed by atoms with E-state index in [9.17, 15) is 13.2 Å². The Labute approximate surface area is 185 Å². The summed E-state index contributed by atoms with van der Waals surface area (Å²) in [5.74, 6) is 0.154. The summed E-state index contributed by atoms with van der Waals surface area (Å²) >= 11 is 0. The third-order valence-electron chi connectivity index (χ3n) is 6.59. The average Bonchev–Trinajstić information content (AvgIpc) is 2.80. The van der Waals surface area contributed by atoms with Crippen molar-refractivity contribution in [3.8, 4) is 0 Å². The summed E-state index contributed by atoms with van der Waals surface area (Å²) in [6.45, 7) is 2.39. The van der Waals surface area contributed by atoms with Gasteiger partial charge in [0, 0.05) is 6.54 Å². The van der Waals surface area contributed by atoms with Gasteiger partial charge in [0.1, 0.15) is 0 Å². The van der Waals surface area contributed by atoms with E-state index in [4.69, 9.17) is 4.74 Å². The zero-order chi connectivity index (χ0) is 21.8. The fourth-order valence-corrected chi connectivity index (χ4v) is 6.59. The molecular formula is C25H31NO4S. The van der Waals surface area contributed by atoms with Gasteiger partial charge in [0.05, 0.1) is 24.0 Å². The Hall–Kier alpha value is -2.18. The van der Waals surface area contributed by atoms with Gasteiger partial charge >= 0.3 is 5.97 Å². The molecular weight excluding hydrogens is 410 g/mol. The first kappa shape index (κ1) is 22.0. The Kier molecular flexibility index (Phi) is 6.77. The van der Waals surface area contributed by atoms with Gasteiger partial charge < -0.3 is 4.74 Å². The maximum absolute atomic E-state index is 13.6. The largest absolute Gasteiger partial charge is 0.466 e. The Morgan fingerprint density at radius 1 is 1.03 bits per heavy atom.